The van der Waals surface area contributed by atoms with Gasteiger partial charge in [-0.15, -0.1) is 0 Å². The summed E-state index contributed by atoms with van der Waals surface area (Å²) in [4.78, 5) is 19.1. The topological polar surface area (TPSA) is 55.0 Å². The number of nitrogens with zero attached hydrogens (tertiary/aromatic N) is 1. The zero-order valence-electron chi connectivity index (χ0n) is 10.7. The third kappa shape index (κ3) is 2.78. The fourth-order valence-electron chi connectivity index (χ4n) is 1.90. The van der Waals surface area contributed by atoms with Crippen LogP contribution in [0.1, 0.15) is 32.0 Å². The third-order valence-corrected chi connectivity index (χ3v) is 3.46. The maximum absolute atomic E-state index is 13.4. The predicted molar refractivity (Wildman–Crippen MR) is 73.4 cm³/mol. The molecule has 0 aliphatic carbocycles. The Bertz CT molecular complexity index is 573. The van der Waals surface area contributed by atoms with Crippen LogP contribution in [-0.2, 0) is 9.53 Å². The first-order valence-corrected chi connectivity index (χ1v) is 6.87. The Balaban J connectivity index is 2.41. The van der Waals surface area contributed by atoms with Crippen LogP contribution in [0.3, 0.4) is 0 Å². The Morgan fingerprint density at radius 2 is 2.26 bits per heavy atom. The van der Waals surface area contributed by atoms with Crippen LogP contribution in [-0.4, -0.2) is 22.5 Å². The number of imidazole rings is 1. The number of aromatic nitrogens is 2. The zero-order chi connectivity index (χ0) is 14.0. The summed E-state index contributed by atoms with van der Waals surface area (Å²) >= 11 is 3.11. The molecule has 1 aromatic carbocycles. The number of carbonyl (C=O) groups excluding carboxylic acids is 1. The van der Waals surface area contributed by atoms with Crippen LogP contribution < -0.4 is 0 Å². The molecular weight excluding hydrogens is 315 g/mol. The van der Waals surface area contributed by atoms with Gasteiger partial charge in [0.05, 0.1) is 22.1 Å². The summed E-state index contributed by atoms with van der Waals surface area (Å²) < 4.78 is 18.8. The molecule has 1 N–H and O–H groups in total. The van der Waals surface area contributed by atoms with E-state index in [9.17, 15) is 9.18 Å². The molecule has 0 spiro atoms. The van der Waals surface area contributed by atoms with Crippen LogP contribution in [0.25, 0.3) is 11.0 Å². The van der Waals surface area contributed by atoms with E-state index >= 15 is 0 Å². The molecule has 0 aliphatic heterocycles. The lowest BCUT2D eigenvalue weighted by Crippen LogP contribution is -2.16. The minimum absolute atomic E-state index is 0.316. The van der Waals surface area contributed by atoms with E-state index in [1.165, 1.54) is 6.07 Å². The van der Waals surface area contributed by atoms with E-state index in [1.54, 1.807) is 13.0 Å². The zero-order valence-corrected chi connectivity index (χ0v) is 12.3. The molecule has 6 heteroatoms. The number of carbonyl (C=O) groups is 1. The number of ether oxygens (including phenoxy) is 1. The number of hydrogen-bond donors (Lipinski definition) is 1. The van der Waals surface area contributed by atoms with Gasteiger partial charge in [-0.2, -0.15) is 0 Å². The van der Waals surface area contributed by atoms with Crippen molar-refractivity contribution in [2.75, 3.05) is 6.61 Å². The average Bonchev–Trinajstić information content (AvgIpc) is 2.73. The highest BCUT2D eigenvalue weighted by atomic mass is 79.9. The minimum atomic E-state index is -0.450. The number of hydrogen-bond acceptors (Lipinski definition) is 3. The maximum Gasteiger partial charge on any atom is 0.316 e. The number of fused-ring (bicyclic) bond motifs is 1. The van der Waals surface area contributed by atoms with Crippen molar-refractivity contribution in [1.82, 2.24) is 9.97 Å². The number of benzene rings is 1. The van der Waals surface area contributed by atoms with Gasteiger partial charge < -0.3 is 9.72 Å². The number of rotatable bonds is 4. The highest BCUT2D eigenvalue weighted by Crippen LogP contribution is 2.25. The first kappa shape index (κ1) is 14.0. The predicted octanol–water partition coefficient (Wildman–Crippen LogP) is 3.52. The molecule has 1 aromatic heterocycles. The number of H-pyrrole nitrogens is 1. The molecule has 1 heterocycles. The molecular formula is C13H14BrFN2O2. The Morgan fingerprint density at radius 3 is 2.89 bits per heavy atom. The van der Waals surface area contributed by atoms with Crippen LogP contribution in [0.2, 0.25) is 0 Å². The second-order valence-electron chi connectivity index (χ2n) is 4.12. The summed E-state index contributed by atoms with van der Waals surface area (Å²) in [6.07, 6.45) is 0.572. The van der Waals surface area contributed by atoms with E-state index in [0.29, 0.717) is 34.4 Å². The fourth-order valence-corrected chi connectivity index (χ4v) is 2.24. The van der Waals surface area contributed by atoms with Gasteiger partial charge in [-0.05, 0) is 35.3 Å². The minimum Gasteiger partial charge on any atom is -0.465 e. The number of halogens is 2. The van der Waals surface area contributed by atoms with Crippen molar-refractivity contribution >= 4 is 32.9 Å². The molecule has 1 atom stereocenters. The maximum atomic E-state index is 13.4. The van der Waals surface area contributed by atoms with Gasteiger partial charge in [0.2, 0.25) is 0 Å². The fraction of sp³-hybridized carbons (Fsp3) is 0.385. The summed E-state index contributed by atoms with van der Waals surface area (Å²) in [5.41, 5.74) is 1.18. The number of esters is 1. The van der Waals surface area contributed by atoms with Crippen LogP contribution in [0.5, 0.6) is 0 Å². The molecule has 0 fully saturated rings. The Labute approximate surface area is 118 Å². The first-order chi connectivity index (χ1) is 9.06. The van der Waals surface area contributed by atoms with Gasteiger partial charge in [0.15, 0.2) is 0 Å². The molecule has 0 saturated carbocycles. The summed E-state index contributed by atoms with van der Waals surface area (Å²) in [5, 5.41) is 0. The van der Waals surface area contributed by atoms with E-state index in [1.807, 2.05) is 6.92 Å². The molecule has 0 radical (unpaired) electrons. The molecule has 2 rings (SSSR count). The summed E-state index contributed by atoms with van der Waals surface area (Å²) in [5.74, 6) is -0.627. The molecule has 0 amide bonds. The first-order valence-electron chi connectivity index (χ1n) is 6.08. The van der Waals surface area contributed by atoms with Crippen molar-refractivity contribution < 1.29 is 13.9 Å². The van der Waals surface area contributed by atoms with E-state index < -0.39 is 5.92 Å². The monoisotopic (exact) mass is 328 g/mol. The smallest absolute Gasteiger partial charge is 0.316 e. The Hall–Kier alpha value is -1.43. The molecule has 0 saturated heterocycles. The molecule has 1 unspecified atom stereocenters. The third-order valence-electron chi connectivity index (χ3n) is 2.85. The van der Waals surface area contributed by atoms with Gasteiger partial charge in [0.25, 0.3) is 0 Å². The van der Waals surface area contributed by atoms with Crippen molar-refractivity contribution in [3.8, 4) is 0 Å². The lowest BCUT2D eigenvalue weighted by atomic mass is 10.1. The highest BCUT2D eigenvalue weighted by molar-refractivity contribution is 9.10. The van der Waals surface area contributed by atoms with Crippen molar-refractivity contribution in [3.63, 3.8) is 0 Å². The molecule has 19 heavy (non-hydrogen) atoms. The largest absolute Gasteiger partial charge is 0.465 e. The van der Waals surface area contributed by atoms with E-state index in [-0.39, 0.29) is 11.8 Å². The van der Waals surface area contributed by atoms with Crippen molar-refractivity contribution in [1.29, 1.82) is 0 Å². The van der Waals surface area contributed by atoms with Crippen LogP contribution in [0.4, 0.5) is 4.39 Å². The van der Waals surface area contributed by atoms with Crippen LogP contribution in [0, 0.1) is 5.82 Å². The number of nitrogens with one attached hydrogen (secondary N) is 1. The van der Waals surface area contributed by atoms with Gasteiger partial charge >= 0.3 is 5.97 Å². The van der Waals surface area contributed by atoms with Gasteiger partial charge in [-0.1, -0.05) is 6.92 Å². The standard InChI is InChI=1S/C13H14BrFN2O2/c1-3-7(13(18)19-4-2)12-16-10-5-8(14)9(15)6-11(10)17-12/h5-7H,3-4H2,1-2H3,(H,16,17). The molecule has 4 nitrogen and oxygen atoms in total. The van der Waals surface area contributed by atoms with E-state index in [4.69, 9.17) is 4.74 Å². The van der Waals surface area contributed by atoms with Crippen LogP contribution in [0.15, 0.2) is 16.6 Å². The molecule has 2 aromatic rings. The normalized spacial score (nSPS) is 12.6. The molecule has 0 aliphatic rings. The summed E-state index contributed by atoms with van der Waals surface area (Å²) in [6, 6.07) is 2.94. The van der Waals surface area contributed by atoms with Crippen molar-refractivity contribution in [2.45, 2.75) is 26.2 Å². The SMILES string of the molecule is CCOC(=O)C(CC)c1nc2cc(Br)c(F)cc2[nH]1. The van der Waals surface area contributed by atoms with E-state index in [0.717, 1.165) is 0 Å². The van der Waals surface area contributed by atoms with Gasteiger partial charge in [-0.3, -0.25) is 4.79 Å². The second kappa shape index (κ2) is 5.69. The second-order valence-corrected chi connectivity index (χ2v) is 4.97. The summed E-state index contributed by atoms with van der Waals surface area (Å²) in [6.45, 7) is 3.97. The van der Waals surface area contributed by atoms with Gasteiger partial charge in [0, 0.05) is 6.07 Å². The summed E-state index contributed by atoms with van der Waals surface area (Å²) in [7, 11) is 0. The molecule has 102 valence electrons. The Kier molecular flexibility index (Phi) is 4.19. The quantitative estimate of drug-likeness (QED) is 0.873. The van der Waals surface area contributed by atoms with Crippen LogP contribution >= 0.6 is 15.9 Å². The van der Waals surface area contributed by atoms with Gasteiger partial charge in [0.1, 0.15) is 17.6 Å². The van der Waals surface area contributed by atoms with Gasteiger partial charge in [-0.25, -0.2) is 9.37 Å². The number of aromatic amines is 1. The van der Waals surface area contributed by atoms with Crippen molar-refractivity contribution in [3.05, 3.63) is 28.2 Å². The molecule has 0 bridgehead atoms. The Morgan fingerprint density at radius 1 is 1.53 bits per heavy atom. The lowest BCUT2D eigenvalue weighted by Gasteiger charge is -2.10. The van der Waals surface area contributed by atoms with Crippen molar-refractivity contribution in [2.24, 2.45) is 0 Å². The highest BCUT2D eigenvalue weighted by Gasteiger charge is 2.23. The lowest BCUT2D eigenvalue weighted by molar-refractivity contribution is -0.145. The van der Waals surface area contributed by atoms with E-state index in [2.05, 4.69) is 25.9 Å². The average molecular weight is 329 g/mol.